The minimum absolute atomic E-state index is 0.609. The molecule has 0 saturated heterocycles. The van der Waals surface area contributed by atoms with Crippen LogP contribution < -0.4 is 0 Å². The number of hydrogen-bond acceptors (Lipinski definition) is 4. The van der Waals surface area contributed by atoms with Gasteiger partial charge in [0.05, 0.1) is 6.33 Å². The second-order valence-corrected chi connectivity index (χ2v) is 3.54. The molecular formula is C10H9N5O. The molecule has 0 radical (unpaired) electrons. The predicted molar refractivity (Wildman–Crippen MR) is 56.0 cm³/mol. The maximum absolute atomic E-state index is 9.39. The zero-order chi connectivity index (χ0) is 11.0. The largest absolute Gasteiger partial charge is 0.410 e. The molecule has 80 valence electrons. The molecule has 0 amide bonds. The van der Waals surface area contributed by atoms with Crippen LogP contribution in [0.15, 0.2) is 36.9 Å². The first kappa shape index (κ1) is 8.90. The molecule has 1 aromatic carbocycles. The Morgan fingerprint density at radius 2 is 2.25 bits per heavy atom. The summed E-state index contributed by atoms with van der Waals surface area (Å²) in [4.78, 5) is 4.76. The average molecular weight is 215 g/mol. The molecule has 0 aliphatic carbocycles. The lowest BCUT2D eigenvalue weighted by atomic mass is 10.2. The molecule has 0 fully saturated rings. The van der Waals surface area contributed by atoms with E-state index in [9.17, 15) is 5.21 Å². The number of aromatic nitrogens is 5. The van der Waals surface area contributed by atoms with E-state index in [0.29, 0.717) is 17.6 Å². The highest BCUT2D eigenvalue weighted by Crippen LogP contribution is 2.13. The van der Waals surface area contributed by atoms with Gasteiger partial charge in [-0.05, 0) is 22.9 Å². The molecule has 2 aromatic heterocycles. The van der Waals surface area contributed by atoms with Crippen molar-refractivity contribution >= 4 is 11.0 Å². The van der Waals surface area contributed by atoms with Gasteiger partial charge in [0.15, 0.2) is 0 Å². The summed E-state index contributed by atoms with van der Waals surface area (Å²) in [5, 5.41) is 16.7. The molecule has 0 bridgehead atoms. The number of benzene rings is 1. The van der Waals surface area contributed by atoms with Crippen LogP contribution in [0.1, 0.15) is 5.56 Å². The zero-order valence-electron chi connectivity index (χ0n) is 8.35. The van der Waals surface area contributed by atoms with Crippen LogP contribution in [0.3, 0.4) is 0 Å². The zero-order valence-corrected chi connectivity index (χ0v) is 8.35. The van der Waals surface area contributed by atoms with Crippen LogP contribution in [-0.4, -0.2) is 29.9 Å². The van der Waals surface area contributed by atoms with E-state index >= 15 is 0 Å². The van der Waals surface area contributed by atoms with Crippen LogP contribution in [0.2, 0.25) is 0 Å². The van der Waals surface area contributed by atoms with Gasteiger partial charge in [0.2, 0.25) is 0 Å². The molecule has 0 unspecified atom stereocenters. The Labute approximate surface area is 90.7 Å². The van der Waals surface area contributed by atoms with E-state index in [1.807, 2.05) is 29.0 Å². The van der Waals surface area contributed by atoms with Crippen LogP contribution in [-0.2, 0) is 6.54 Å². The molecule has 0 aliphatic heterocycles. The van der Waals surface area contributed by atoms with Crippen molar-refractivity contribution in [1.82, 2.24) is 24.7 Å². The number of imidazole rings is 1. The topological polar surface area (TPSA) is 68.8 Å². The smallest absolute Gasteiger partial charge is 0.131 e. The molecule has 2 heterocycles. The maximum Gasteiger partial charge on any atom is 0.131 e. The lowest BCUT2D eigenvalue weighted by molar-refractivity contribution is 0.154. The molecule has 0 saturated carbocycles. The Balaban J connectivity index is 2.01. The van der Waals surface area contributed by atoms with Crippen LogP contribution in [0.5, 0.6) is 0 Å². The summed E-state index contributed by atoms with van der Waals surface area (Å²) in [6.07, 6.45) is 5.37. The first-order chi connectivity index (χ1) is 7.83. The van der Waals surface area contributed by atoms with E-state index < -0.39 is 0 Å². The van der Waals surface area contributed by atoms with Crippen molar-refractivity contribution < 1.29 is 5.21 Å². The van der Waals surface area contributed by atoms with Gasteiger partial charge in [-0.1, -0.05) is 10.9 Å². The molecule has 16 heavy (non-hydrogen) atoms. The van der Waals surface area contributed by atoms with Gasteiger partial charge >= 0.3 is 0 Å². The molecule has 0 atom stereocenters. The monoisotopic (exact) mass is 215 g/mol. The third-order valence-corrected chi connectivity index (χ3v) is 2.42. The Morgan fingerprint density at radius 3 is 3.06 bits per heavy atom. The molecule has 3 rings (SSSR count). The van der Waals surface area contributed by atoms with E-state index in [-0.39, 0.29) is 0 Å². The van der Waals surface area contributed by atoms with Gasteiger partial charge in [-0.25, -0.2) is 4.98 Å². The minimum Gasteiger partial charge on any atom is -0.410 e. The summed E-state index contributed by atoms with van der Waals surface area (Å²) in [7, 11) is 0. The average Bonchev–Trinajstić information content (AvgIpc) is 2.90. The first-order valence-electron chi connectivity index (χ1n) is 4.82. The van der Waals surface area contributed by atoms with E-state index in [1.54, 1.807) is 12.5 Å². The van der Waals surface area contributed by atoms with Crippen molar-refractivity contribution in [2.75, 3.05) is 0 Å². The van der Waals surface area contributed by atoms with Crippen molar-refractivity contribution in [3.8, 4) is 0 Å². The minimum atomic E-state index is 0.609. The van der Waals surface area contributed by atoms with E-state index in [1.165, 1.54) is 0 Å². The summed E-state index contributed by atoms with van der Waals surface area (Å²) < 4.78 is 1.95. The third kappa shape index (κ3) is 1.40. The predicted octanol–water partition coefficient (Wildman–Crippen LogP) is 0.913. The van der Waals surface area contributed by atoms with Crippen molar-refractivity contribution in [1.29, 1.82) is 0 Å². The van der Waals surface area contributed by atoms with Crippen molar-refractivity contribution in [2.24, 2.45) is 0 Å². The summed E-state index contributed by atoms with van der Waals surface area (Å²) in [5.41, 5.74) is 2.34. The fourth-order valence-corrected chi connectivity index (χ4v) is 1.64. The Kier molecular flexibility index (Phi) is 1.86. The maximum atomic E-state index is 9.39. The van der Waals surface area contributed by atoms with Gasteiger partial charge in [-0.2, -0.15) is 0 Å². The highest BCUT2D eigenvalue weighted by Gasteiger charge is 2.04. The lowest BCUT2D eigenvalue weighted by Crippen LogP contribution is -1.97. The van der Waals surface area contributed by atoms with Crippen molar-refractivity contribution in [3.05, 3.63) is 42.5 Å². The van der Waals surface area contributed by atoms with E-state index in [0.717, 1.165) is 10.4 Å². The Morgan fingerprint density at radius 1 is 1.31 bits per heavy atom. The molecule has 3 aromatic rings. The molecular weight excluding hydrogens is 206 g/mol. The van der Waals surface area contributed by atoms with Gasteiger partial charge in [0.25, 0.3) is 0 Å². The fourth-order valence-electron chi connectivity index (χ4n) is 1.64. The second-order valence-electron chi connectivity index (χ2n) is 3.54. The SMILES string of the molecule is On1nnc2ccc(Cn3ccnc3)cc21. The van der Waals surface area contributed by atoms with Crippen molar-refractivity contribution in [3.63, 3.8) is 0 Å². The molecule has 6 nitrogen and oxygen atoms in total. The van der Waals surface area contributed by atoms with E-state index in [2.05, 4.69) is 15.3 Å². The Bertz CT molecular complexity index is 613. The first-order valence-corrected chi connectivity index (χ1v) is 4.82. The van der Waals surface area contributed by atoms with Crippen LogP contribution in [0.4, 0.5) is 0 Å². The van der Waals surface area contributed by atoms with Gasteiger partial charge in [0, 0.05) is 18.9 Å². The Hall–Kier alpha value is -2.37. The van der Waals surface area contributed by atoms with E-state index in [4.69, 9.17) is 0 Å². The van der Waals surface area contributed by atoms with Gasteiger partial charge in [0.1, 0.15) is 11.0 Å². The second kappa shape index (κ2) is 3.34. The summed E-state index contributed by atoms with van der Waals surface area (Å²) in [5.74, 6) is 0. The molecule has 6 heteroatoms. The molecule has 0 spiro atoms. The highest BCUT2D eigenvalue weighted by atomic mass is 16.5. The number of rotatable bonds is 2. The lowest BCUT2D eigenvalue weighted by Gasteiger charge is -2.02. The van der Waals surface area contributed by atoms with Crippen LogP contribution >= 0.6 is 0 Å². The number of fused-ring (bicyclic) bond motifs is 1. The molecule has 0 aliphatic rings. The van der Waals surface area contributed by atoms with Gasteiger partial charge in [-0.3, -0.25) is 0 Å². The summed E-state index contributed by atoms with van der Waals surface area (Å²) in [6, 6.07) is 5.65. The number of nitrogens with zero attached hydrogens (tertiary/aromatic N) is 5. The molecule has 1 N–H and O–H groups in total. The third-order valence-electron chi connectivity index (χ3n) is 2.42. The summed E-state index contributed by atoms with van der Waals surface area (Å²) in [6.45, 7) is 0.709. The highest BCUT2D eigenvalue weighted by molar-refractivity contribution is 5.74. The number of hydrogen-bond donors (Lipinski definition) is 1. The quantitative estimate of drug-likeness (QED) is 0.645. The normalized spacial score (nSPS) is 11.0. The standard InChI is InChI=1S/C10H9N5O/c16-15-10-5-8(1-2-9(10)12-13-15)6-14-4-3-11-7-14/h1-5,7,16H,6H2. The van der Waals surface area contributed by atoms with Crippen molar-refractivity contribution in [2.45, 2.75) is 6.54 Å². The fraction of sp³-hybridized carbons (Fsp3) is 0.100. The van der Waals surface area contributed by atoms with Crippen LogP contribution in [0, 0.1) is 0 Å². The van der Waals surface area contributed by atoms with Gasteiger partial charge < -0.3 is 9.77 Å². The van der Waals surface area contributed by atoms with Crippen LogP contribution in [0.25, 0.3) is 11.0 Å². The van der Waals surface area contributed by atoms with Gasteiger partial charge in [-0.15, -0.1) is 5.10 Å². The summed E-state index contributed by atoms with van der Waals surface area (Å²) >= 11 is 0.